The quantitative estimate of drug-likeness (QED) is 0.464. The summed E-state index contributed by atoms with van der Waals surface area (Å²) in [5.41, 5.74) is 10.9. The number of hydrogen-bond donors (Lipinski definition) is 3. The Kier molecular flexibility index (Phi) is 4.60. The van der Waals surface area contributed by atoms with Gasteiger partial charge in [-0.15, -0.1) is 0 Å². The molecular formula is C7H19N3. The van der Waals surface area contributed by atoms with Gasteiger partial charge in [-0.3, -0.25) is 0 Å². The first kappa shape index (κ1) is 9.88. The molecule has 0 saturated carbocycles. The number of nitrogens with one attached hydrogen (secondary N) is 1. The van der Waals surface area contributed by atoms with Crippen LogP contribution in [0.4, 0.5) is 0 Å². The summed E-state index contributed by atoms with van der Waals surface area (Å²) in [5.74, 6) is 0. The highest BCUT2D eigenvalue weighted by molar-refractivity contribution is 4.74. The third-order valence-electron chi connectivity index (χ3n) is 1.14. The Bertz CT molecular complexity index is 75.4. The second-order valence-corrected chi connectivity index (χ2v) is 3.31. The van der Waals surface area contributed by atoms with E-state index in [1.807, 2.05) is 13.8 Å². The van der Waals surface area contributed by atoms with Crippen molar-refractivity contribution in [1.29, 1.82) is 0 Å². The van der Waals surface area contributed by atoms with Gasteiger partial charge in [0.1, 0.15) is 0 Å². The van der Waals surface area contributed by atoms with Crippen molar-refractivity contribution in [2.24, 2.45) is 11.5 Å². The maximum atomic E-state index is 5.72. The maximum Gasteiger partial charge on any atom is 0.0223 e. The molecule has 0 unspecified atom stereocenters. The van der Waals surface area contributed by atoms with Crippen molar-refractivity contribution >= 4 is 0 Å². The van der Waals surface area contributed by atoms with Crippen molar-refractivity contribution in [2.75, 3.05) is 19.6 Å². The van der Waals surface area contributed by atoms with Crippen LogP contribution in [0, 0.1) is 0 Å². The highest BCUT2D eigenvalue weighted by Crippen LogP contribution is 1.91. The van der Waals surface area contributed by atoms with E-state index in [1.165, 1.54) is 0 Å². The molecule has 0 aromatic carbocycles. The van der Waals surface area contributed by atoms with Gasteiger partial charge in [0.25, 0.3) is 0 Å². The van der Waals surface area contributed by atoms with Crippen LogP contribution in [0.3, 0.4) is 0 Å². The minimum atomic E-state index is -0.103. The van der Waals surface area contributed by atoms with E-state index in [0.29, 0.717) is 0 Å². The molecular weight excluding hydrogens is 126 g/mol. The van der Waals surface area contributed by atoms with Crippen molar-refractivity contribution in [2.45, 2.75) is 25.8 Å². The predicted octanol–water partition coefficient (Wildman–Crippen LogP) is -0.338. The lowest BCUT2D eigenvalue weighted by molar-refractivity contribution is 0.465. The van der Waals surface area contributed by atoms with E-state index in [4.69, 9.17) is 11.5 Å². The fraction of sp³-hybridized carbons (Fsp3) is 1.00. The smallest absolute Gasteiger partial charge is 0.0223 e. The van der Waals surface area contributed by atoms with E-state index in [9.17, 15) is 0 Å². The topological polar surface area (TPSA) is 64.1 Å². The summed E-state index contributed by atoms with van der Waals surface area (Å²) < 4.78 is 0. The zero-order valence-electron chi connectivity index (χ0n) is 6.98. The van der Waals surface area contributed by atoms with Crippen LogP contribution in [0.5, 0.6) is 0 Å². The molecule has 0 fully saturated rings. The number of rotatable bonds is 5. The number of nitrogens with two attached hydrogens (primary N) is 2. The SMILES string of the molecule is CC(C)(N)CNCCCN. The van der Waals surface area contributed by atoms with E-state index in [0.717, 1.165) is 26.1 Å². The summed E-state index contributed by atoms with van der Waals surface area (Å²) in [7, 11) is 0. The van der Waals surface area contributed by atoms with Gasteiger partial charge in [-0.2, -0.15) is 0 Å². The molecule has 0 spiro atoms. The van der Waals surface area contributed by atoms with Crippen LogP contribution in [0.25, 0.3) is 0 Å². The lowest BCUT2D eigenvalue weighted by atomic mass is 10.1. The van der Waals surface area contributed by atoms with Crippen molar-refractivity contribution in [1.82, 2.24) is 5.32 Å². The Morgan fingerprint density at radius 2 is 2.00 bits per heavy atom. The number of hydrogen-bond acceptors (Lipinski definition) is 3. The summed E-state index contributed by atoms with van der Waals surface area (Å²) in [6.07, 6.45) is 1.02. The summed E-state index contributed by atoms with van der Waals surface area (Å²) in [5, 5.41) is 3.22. The predicted molar refractivity (Wildman–Crippen MR) is 44.8 cm³/mol. The first-order valence-electron chi connectivity index (χ1n) is 3.76. The molecule has 0 aliphatic carbocycles. The van der Waals surface area contributed by atoms with Gasteiger partial charge in [-0.1, -0.05) is 0 Å². The molecule has 0 heterocycles. The Morgan fingerprint density at radius 1 is 1.40 bits per heavy atom. The average molecular weight is 145 g/mol. The van der Waals surface area contributed by atoms with Crippen molar-refractivity contribution in [3.63, 3.8) is 0 Å². The van der Waals surface area contributed by atoms with E-state index in [2.05, 4.69) is 5.32 Å². The average Bonchev–Trinajstić information content (AvgIpc) is 1.78. The van der Waals surface area contributed by atoms with Gasteiger partial charge in [0.15, 0.2) is 0 Å². The molecule has 0 bridgehead atoms. The Hall–Kier alpha value is -0.120. The lowest BCUT2D eigenvalue weighted by Crippen LogP contribution is -2.43. The minimum absolute atomic E-state index is 0.103. The molecule has 3 heteroatoms. The summed E-state index contributed by atoms with van der Waals surface area (Å²) >= 11 is 0. The van der Waals surface area contributed by atoms with E-state index in [-0.39, 0.29) is 5.54 Å². The zero-order valence-corrected chi connectivity index (χ0v) is 6.98. The fourth-order valence-corrected chi connectivity index (χ4v) is 0.638. The second-order valence-electron chi connectivity index (χ2n) is 3.31. The Balaban J connectivity index is 3.04. The van der Waals surface area contributed by atoms with E-state index in [1.54, 1.807) is 0 Å². The van der Waals surface area contributed by atoms with Gasteiger partial charge >= 0.3 is 0 Å². The van der Waals surface area contributed by atoms with Gasteiger partial charge in [0.2, 0.25) is 0 Å². The molecule has 0 aliphatic rings. The van der Waals surface area contributed by atoms with Gasteiger partial charge in [0.05, 0.1) is 0 Å². The van der Waals surface area contributed by atoms with E-state index < -0.39 is 0 Å². The van der Waals surface area contributed by atoms with E-state index >= 15 is 0 Å². The van der Waals surface area contributed by atoms with Gasteiger partial charge in [-0.25, -0.2) is 0 Å². The maximum absolute atomic E-state index is 5.72. The van der Waals surface area contributed by atoms with Gasteiger partial charge in [0, 0.05) is 12.1 Å². The molecule has 10 heavy (non-hydrogen) atoms. The molecule has 62 valence electrons. The third-order valence-corrected chi connectivity index (χ3v) is 1.14. The standard InChI is InChI=1S/C7H19N3/c1-7(2,9)6-10-5-3-4-8/h10H,3-6,8-9H2,1-2H3. The van der Waals surface area contributed by atoms with Crippen LogP contribution in [0.15, 0.2) is 0 Å². The van der Waals surface area contributed by atoms with Crippen molar-refractivity contribution in [3.05, 3.63) is 0 Å². The Labute approximate surface area is 63.2 Å². The molecule has 5 N–H and O–H groups in total. The molecule has 0 aromatic rings. The van der Waals surface area contributed by atoms with Crippen LogP contribution in [0.1, 0.15) is 20.3 Å². The van der Waals surface area contributed by atoms with Crippen molar-refractivity contribution < 1.29 is 0 Å². The summed E-state index contributed by atoms with van der Waals surface area (Å²) in [6.45, 7) is 6.58. The molecule has 0 aliphatic heterocycles. The first-order valence-corrected chi connectivity index (χ1v) is 3.76. The van der Waals surface area contributed by atoms with Crippen molar-refractivity contribution in [3.8, 4) is 0 Å². The molecule has 0 atom stereocenters. The summed E-state index contributed by atoms with van der Waals surface area (Å²) in [6, 6.07) is 0. The van der Waals surface area contributed by atoms with Gasteiger partial charge < -0.3 is 16.8 Å². The second kappa shape index (κ2) is 4.66. The Morgan fingerprint density at radius 3 is 2.40 bits per heavy atom. The molecule has 0 aromatic heterocycles. The van der Waals surface area contributed by atoms with Crippen LogP contribution in [-0.4, -0.2) is 25.2 Å². The largest absolute Gasteiger partial charge is 0.330 e. The highest BCUT2D eigenvalue weighted by atomic mass is 14.9. The summed E-state index contributed by atoms with van der Waals surface area (Å²) in [4.78, 5) is 0. The monoisotopic (exact) mass is 145 g/mol. The first-order chi connectivity index (χ1) is 4.56. The minimum Gasteiger partial charge on any atom is -0.330 e. The highest BCUT2D eigenvalue weighted by Gasteiger charge is 2.07. The third kappa shape index (κ3) is 7.88. The van der Waals surface area contributed by atoms with Crippen LogP contribution in [0.2, 0.25) is 0 Å². The van der Waals surface area contributed by atoms with Crippen LogP contribution >= 0.6 is 0 Å². The molecule has 0 amide bonds. The normalized spacial score (nSPS) is 12.0. The molecule has 0 rings (SSSR count). The fourth-order valence-electron chi connectivity index (χ4n) is 0.638. The van der Waals surface area contributed by atoms with Crippen LogP contribution in [-0.2, 0) is 0 Å². The zero-order chi connectivity index (χ0) is 8.04. The molecule has 3 nitrogen and oxygen atoms in total. The van der Waals surface area contributed by atoms with Crippen LogP contribution < -0.4 is 16.8 Å². The lowest BCUT2D eigenvalue weighted by Gasteiger charge is -2.18. The molecule has 0 saturated heterocycles. The molecule has 0 radical (unpaired) electrons. The van der Waals surface area contributed by atoms with Gasteiger partial charge in [-0.05, 0) is 33.4 Å².